The van der Waals surface area contributed by atoms with Crippen LogP contribution in [0.3, 0.4) is 0 Å². The predicted molar refractivity (Wildman–Crippen MR) is 90.5 cm³/mol. The van der Waals surface area contributed by atoms with Gasteiger partial charge in [0.25, 0.3) is 5.91 Å². The van der Waals surface area contributed by atoms with Gasteiger partial charge in [-0.1, -0.05) is 6.07 Å². The van der Waals surface area contributed by atoms with E-state index < -0.39 is 6.04 Å². The van der Waals surface area contributed by atoms with Gasteiger partial charge in [-0.2, -0.15) is 5.10 Å². The second kappa shape index (κ2) is 7.02. The zero-order chi connectivity index (χ0) is 18.0. The summed E-state index contributed by atoms with van der Waals surface area (Å²) in [4.78, 5) is 30.9. The molecule has 2 aromatic rings. The summed E-state index contributed by atoms with van der Waals surface area (Å²) < 4.78 is 1.70. The molecule has 0 saturated carbocycles. The number of hydrogen-bond acceptors (Lipinski definition) is 5. The minimum Gasteiger partial charge on any atom is -0.396 e. The summed E-state index contributed by atoms with van der Waals surface area (Å²) in [6, 6.07) is 4.97. The first kappa shape index (κ1) is 17.1. The lowest BCUT2D eigenvalue weighted by molar-refractivity contribution is -0.125. The van der Waals surface area contributed by atoms with Crippen molar-refractivity contribution in [3.05, 3.63) is 35.7 Å². The van der Waals surface area contributed by atoms with Crippen LogP contribution in [-0.4, -0.2) is 55.8 Å². The van der Waals surface area contributed by atoms with E-state index in [0.29, 0.717) is 30.9 Å². The third kappa shape index (κ3) is 3.25. The molecule has 8 heteroatoms. The number of aliphatic hydroxyl groups excluding tert-OH is 1. The van der Waals surface area contributed by atoms with E-state index in [9.17, 15) is 9.59 Å². The van der Waals surface area contributed by atoms with Crippen molar-refractivity contribution >= 4 is 11.8 Å². The number of aromatic nitrogens is 3. The third-order valence-electron chi connectivity index (χ3n) is 4.35. The highest BCUT2D eigenvalue weighted by molar-refractivity contribution is 5.99. The van der Waals surface area contributed by atoms with Crippen molar-refractivity contribution in [2.45, 2.75) is 25.9 Å². The van der Waals surface area contributed by atoms with Crippen LogP contribution in [0.4, 0.5) is 0 Å². The lowest BCUT2D eigenvalue weighted by Gasteiger charge is -2.23. The summed E-state index contributed by atoms with van der Waals surface area (Å²) in [6.45, 7) is 2.46. The van der Waals surface area contributed by atoms with Gasteiger partial charge in [0.2, 0.25) is 5.91 Å². The average Bonchev–Trinajstić information content (AvgIpc) is 3.18. The molecule has 1 aliphatic heterocycles. The van der Waals surface area contributed by atoms with Crippen LogP contribution in [0.25, 0.3) is 11.4 Å². The number of carbonyl (C=O) groups is 2. The van der Waals surface area contributed by atoms with Crippen molar-refractivity contribution in [2.75, 3.05) is 13.2 Å². The molecule has 8 nitrogen and oxygen atoms in total. The number of rotatable bonds is 6. The van der Waals surface area contributed by atoms with Crippen LogP contribution < -0.4 is 5.32 Å². The number of pyridine rings is 1. The van der Waals surface area contributed by atoms with Crippen molar-refractivity contribution < 1.29 is 14.7 Å². The number of hydrogen-bond donors (Lipinski definition) is 2. The highest BCUT2D eigenvalue weighted by Gasteiger charge is 2.35. The minimum atomic E-state index is -0.597. The largest absolute Gasteiger partial charge is 0.396 e. The lowest BCUT2D eigenvalue weighted by atomic mass is 10.2. The van der Waals surface area contributed by atoms with Crippen molar-refractivity contribution in [1.29, 1.82) is 0 Å². The van der Waals surface area contributed by atoms with Crippen molar-refractivity contribution in [3.8, 4) is 11.4 Å². The fraction of sp³-hybridized carbons (Fsp3) is 0.412. The molecule has 1 aliphatic rings. The van der Waals surface area contributed by atoms with Crippen LogP contribution in [0.1, 0.15) is 29.4 Å². The summed E-state index contributed by atoms with van der Waals surface area (Å²) in [7, 11) is 1.82. The molecular weight excluding hydrogens is 322 g/mol. The van der Waals surface area contributed by atoms with E-state index in [2.05, 4.69) is 15.4 Å². The molecule has 132 valence electrons. The van der Waals surface area contributed by atoms with Gasteiger partial charge in [0, 0.05) is 38.5 Å². The van der Waals surface area contributed by atoms with Gasteiger partial charge in [0.1, 0.15) is 11.7 Å². The van der Waals surface area contributed by atoms with Crippen molar-refractivity contribution in [2.24, 2.45) is 7.05 Å². The zero-order valence-corrected chi connectivity index (χ0v) is 14.3. The Bertz CT molecular complexity index is 801. The molecule has 3 heterocycles. The second-order valence-electron chi connectivity index (χ2n) is 6.02. The Labute approximate surface area is 145 Å². The van der Waals surface area contributed by atoms with E-state index in [-0.39, 0.29) is 18.4 Å². The van der Waals surface area contributed by atoms with Crippen LogP contribution >= 0.6 is 0 Å². The minimum absolute atomic E-state index is 0.0173. The zero-order valence-electron chi connectivity index (χ0n) is 14.3. The quantitative estimate of drug-likeness (QED) is 0.736. The lowest BCUT2D eigenvalue weighted by Crippen LogP contribution is -2.45. The van der Waals surface area contributed by atoms with Gasteiger partial charge in [0.05, 0.1) is 11.4 Å². The summed E-state index contributed by atoms with van der Waals surface area (Å²) in [5.74, 6) is -0.481. The smallest absolute Gasteiger partial charge is 0.273 e. The number of carbonyl (C=O) groups excluding carboxylic acids is 2. The van der Waals surface area contributed by atoms with Gasteiger partial charge in [-0.3, -0.25) is 14.3 Å². The van der Waals surface area contributed by atoms with Crippen LogP contribution in [0.2, 0.25) is 0 Å². The average molecular weight is 343 g/mol. The molecule has 25 heavy (non-hydrogen) atoms. The molecule has 0 saturated heterocycles. The molecular formula is C17H21N5O3. The monoisotopic (exact) mass is 343 g/mol. The summed E-state index contributed by atoms with van der Waals surface area (Å²) in [6.07, 6.45) is 2.17. The molecule has 0 spiro atoms. The van der Waals surface area contributed by atoms with E-state index in [1.165, 1.54) is 4.90 Å². The van der Waals surface area contributed by atoms with Crippen LogP contribution in [0, 0.1) is 0 Å². The van der Waals surface area contributed by atoms with Crippen LogP contribution in [0.5, 0.6) is 0 Å². The normalized spacial score (nSPS) is 14.5. The maximum Gasteiger partial charge on any atom is 0.273 e. The maximum atomic E-state index is 12.7. The summed E-state index contributed by atoms with van der Waals surface area (Å²) in [5.41, 5.74) is 2.69. The molecule has 2 aromatic heterocycles. The second-order valence-corrected chi connectivity index (χ2v) is 6.02. The van der Waals surface area contributed by atoms with Crippen molar-refractivity contribution in [1.82, 2.24) is 25.0 Å². The van der Waals surface area contributed by atoms with E-state index in [1.807, 2.05) is 25.2 Å². The number of fused-ring (bicyclic) bond motifs is 1. The molecule has 0 aliphatic carbocycles. The highest BCUT2D eigenvalue weighted by Crippen LogP contribution is 2.26. The van der Waals surface area contributed by atoms with Gasteiger partial charge < -0.3 is 15.3 Å². The first-order valence-electron chi connectivity index (χ1n) is 8.20. The van der Waals surface area contributed by atoms with Crippen molar-refractivity contribution in [3.63, 3.8) is 0 Å². The maximum absolute atomic E-state index is 12.7. The van der Waals surface area contributed by atoms with Gasteiger partial charge in [-0.15, -0.1) is 0 Å². The Morgan fingerprint density at radius 2 is 2.20 bits per heavy atom. The highest BCUT2D eigenvalue weighted by atomic mass is 16.3. The number of aryl methyl sites for hydroxylation is 1. The van der Waals surface area contributed by atoms with Crippen LogP contribution in [-0.2, 0) is 18.4 Å². The molecule has 1 atom stereocenters. The molecule has 2 amide bonds. The van der Waals surface area contributed by atoms with Crippen LogP contribution in [0.15, 0.2) is 24.4 Å². The molecule has 0 radical (unpaired) electrons. The van der Waals surface area contributed by atoms with Gasteiger partial charge in [-0.05, 0) is 25.5 Å². The first-order chi connectivity index (χ1) is 12.0. The Morgan fingerprint density at radius 1 is 1.40 bits per heavy atom. The molecule has 0 fully saturated rings. The topological polar surface area (TPSA) is 100 Å². The molecule has 3 rings (SSSR count). The number of aliphatic hydroxyl groups is 1. The number of nitrogens with one attached hydrogen (secondary N) is 1. The van der Waals surface area contributed by atoms with Gasteiger partial charge in [-0.25, -0.2) is 4.98 Å². The molecule has 0 bridgehead atoms. The first-order valence-corrected chi connectivity index (χ1v) is 8.20. The molecule has 0 aromatic carbocycles. The molecule has 2 N–H and O–H groups in total. The van der Waals surface area contributed by atoms with E-state index in [0.717, 1.165) is 11.3 Å². The van der Waals surface area contributed by atoms with Gasteiger partial charge >= 0.3 is 0 Å². The Balaban J connectivity index is 1.77. The summed E-state index contributed by atoms with van der Waals surface area (Å²) >= 11 is 0. The standard InChI is InChI=1S/C17H21N5O3/c1-11(16(24)18-7-3-9-23)22-10-12-4-5-13(20-15(12)17(22)25)14-6-8-19-21(14)2/h4-6,8,11,23H,3,7,9-10H2,1-2H3,(H,18,24)/t11-/m1/s1. The molecule has 0 unspecified atom stereocenters. The Hall–Kier alpha value is -2.74. The van der Waals surface area contributed by atoms with E-state index >= 15 is 0 Å². The SMILES string of the molecule is C[C@H](C(=O)NCCCO)N1Cc2ccc(-c3ccnn3C)nc2C1=O. The Kier molecular flexibility index (Phi) is 4.80. The van der Waals surface area contributed by atoms with Gasteiger partial charge in [0.15, 0.2) is 0 Å². The summed E-state index contributed by atoms with van der Waals surface area (Å²) in [5, 5.41) is 15.6. The fourth-order valence-electron chi connectivity index (χ4n) is 2.85. The Morgan fingerprint density at radius 3 is 2.88 bits per heavy atom. The van der Waals surface area contributed by atoms with E-state index in [1.54, 1.807) is 17.8 Å². The fourth-order valence-corrected chi connectivity index (χ4v) is 2.85. The number of nitrogens with zero attached hydrogens (tertiary/aromatic N) is 4. The van der Waals surface area contributed by atoms with E-state index in [4.69, 9.17) is 5.11 Å². The number of amides is 2. The third-order valence-corrected chi connectivity index (χ3v) is 4.35. The predicted octanol–water partition coefficient (Wildman–Crippen LogP) is 0.325.